The Morgan fingerprint density at radius 1 is 1.07 bits per heavy atom. The molecule has 2 aromatic heterocycles. The molecule has 3 aromatic rings. The van der Waals surface area contributed by atoms with Crippen LogP contribution in [0.15, 0.2) is 24.3 Å². The van der Waals surface area contributed by atoms with Crippen molar-refractivity contribution in [2.45, 2.75) is 32.3 Å². The molecule has 0 amide bonds. The van der Waals surface area contributed by atoms with Crippen molar-refractivity contribution in [3.63, 3.8) is 0 Å². The fourth-order valence-electron chi connectivity index (χ4n) is 3.85. The molecule has 1 fully saturated rings. The van der Waals surface area contributed by atoms with Crippen molar-refractivity contribution < 1.29 is 23.0 Å². The van der Waals surface area contributed by atoms with Gasteiger partial charge in [-0.3, -0.25) is 0 Å². The largest absolute Gasteiger partial charge is 0.490 e. The van der Waals surface area contributed by atoms with E-state index in [4.69, 9.17) is 14.2 Å². The van der Waals surface area contributed by atoms with Gasteiger partial charge >= 0.3 is 0 Å². The first-order valence-corrected chi connectivity index (χ1v) is 9.91. The maximum atomic E-state index is 13.2. The summed E-state index contributed by atoms with van der Waals surface area (Å²) in [7, 11) is 0. The highest BCUT2D eigenvalue weighted by Gasteiger charge is 2.25. The van der Waals surface area contributed by atoms with E-state index in [0.717, 1.165) is 34.4 Å². The number of anilines is 1. The molecular formula is C20H21F2N5O3. The topological polar surface area (TPSA) is 74.0 Å². The first-order valence-electron chi connectivity index (χ1n) is 9.91. The van der Waals surface area contributed by atoms with Gasteiger partial charge in [-0.05, 0) is 30.7 Å². The quantitative estimate of drug-likeness (QED) is 0.645. The van der Waals surface area contributed by atoms with Crippen molar-refractivity contribution in [1.82, 2.24) is 19.8 Å². The van der Waals surface area contributed by atoms with Crippen LogP contribution in [0, 0.1) is 6.92 Å². The predicted octanol–water partition coefficient (Wildman–Crippen LogP) is 3.19. The summed E-state index contributed by atoms with van der Waals surface area (Å²) in [5.74, 6) is 2.41. The molecule has 30 heavy (non-hydrogen) atoms. The van der Waals surface area contributed by atoms with Gasteiger partial charge < -0.3 is 19.1 Å². The fourth-order valence-corrected chi connectivity index (χ4v) is 3.85. The summed E-state index contributed by atoms with van der Waals surface area (Å²) in [5.41, 5.74) is 1.20. The molecule has 0 N–H and O–H groups in total. The molecule has 4 heterocycles. The Morgan fingerprint density at radius 3 is 2.60 bits per heavy atom. The normalized spacial score (nSPS) is 17.0. The second kappa shape index (κ2) is 7.58. The van der Waals surface area contributed by atoms with Crippen LogP contribution in [0.5, 0.6) is 17.2 Å². The standard InChI is InChI=1S/C20H21F2N5O3/c1-12-10-17-23-24-20(18(21)22)27(17)25-19(12)26-6-4-13(5-7-26)30-14-2-3-15-16(11-14)29-9-8-28-15/h2-3,10-11,13,18H,4-9H2,1H3. The number of aryl methyl sites for hydroxylation is 1. The number of piperidine rings is 1. The van der Waals surface area contributed by atoms with Crippen LogP contribution in [0.3, 0.4) is 0 Å². The number of benzene rings is 1. The molecule has 0 atom stereocenters. The van der Waals surface area contributed by atoms with Gasteiger partial charge in [0.2, 0.25) is 5.82 Å². The van der Waals surface area contributed by atoms with Crippen molar-refractivity contribution in [2.24, 2.45) is 0 Å². The minimum absolute atomic E-state index is 0.0550. The highest BCUT2D eigenvalue weighted by molar-refractivity contribution is 5.53. The van der Waals surface area contributed by atoms with Crippen LogP contribution in [-0.2, 0) is 0 Å². The van der Waals surface area contributed by atoms with E-state index in [9.17, 15) is 8.78 Å². The van der Waals surface area contributed by atoms with Gasteiger partial charge in [0, 0.05) is 32.0 Å². The predicted molar refractivity (Wildman–Crippen MR) is 104 cm³/mol. The van der Waals surface area contributed by atoms with E-state index in [0.29, 0.717) is 43.5 Å². The third-order valence-corrected chi connectivity index (χ3v) is 5.34. The van der Waals surface area contributed by atoms with Crippen molar-refractivity contribution >= 4 is 11.5 Å². The van der Waals surface area contributed by atoms with Gasteiger partial charge in [-0.25, -0.2) is 8.78 Å². The summed E-state index contributed by atoms with van der Waals surface area (Å²) >= 11 is 0. The molecule has 0 saturated carbocycles. The highest BCUT2D eigenvalue weighted by atomic mass is 19.3. The van der Waals surface area contributed by atoms with Crippen LogP contribution in [-0.4, -0.2) is 52.2 Å². The van der Waals surface area contributed by atoms with Gasteiger partial charge in [0.15, 0.2) is 23.0 Å². The van der Waals surface area contributed by atoms with Gasteiger partial charge in [0.25, 0.3) is 6.43 Å². The van der Waals surface area contributed by atoms with Crippen LogP contribution in [0.4, 0.5) is 14.6 Å². The number of nitrogens with zero attached hydrogens (tertiary/aromatic N) is 5. The third-order valence-electron chi connectivity index (χ3n) is 5.34. The molecule has 2 aliphatic heterocycles. The number of hydrogen-bond donors (Lipinski definition) is 0. The average molecular weight is 417 g/mol. The van der Waals surface area contributed by atoms with Crippen molar-refractivity contribution in [1.29, 1.82) is 0 Å². The SMILES string of the molecule is Cc1cc2nnc(C(F)F)n2nc1N1CCC(Oc2ccc3c(c2)OCCO3)CC1. The van der Waals surface area contributed by atoms with Gasteiger partial charge in [0.05, 0.1) is 0 Å². The second-order valence-electron chi connectivity index (χ2n) is 7.39. The average Bonchev–Trinajstić information content (AvgIpc) is 3.17. The molecule has 1 aromatic carbocycles. The Morgan fingerprint density at radius 2 is 1.83 bits per heavy atom. The summed E-state index contributed by atoms with van der Waals surface area (Å²) in [6.07, 6.45) is -1.10. The highest BCUT2D eigenvalue weighted by Crippen LogP contribution is 2.34. The summed E-state index contributed by atoms with van der Waals surface area (Å²) < 4.78 is 44.7. The Labute approximate surface area is 171 Å². The minimum atomic E-state index is -2.73. The Kier molecular flexibility index (Phi) is 4.76. The second-order valence-corrected chi connectivity index (χ2v) is 7.39. The molecule has 10 heteroatoms. The summed E-state index contributed by atoms with van der Waals surface area (Å²) in [4.78, 5) is 2.09. The van der Waals surface area contributed by atoms with Crippen LogP contribution in [0.1, 0.15) is 30.7 Å². The smallest absolute Gasteiger partial charge is 0.299 e. The number of rotatable bonds is 4. The zero-order valence-electron chi connectivity index (χ0n) is 16.4. The summed E-state index contributed by atoms with van der Waals surface area (Å²) in [6.45, 7) is 4.41. The van der Waals surface area contributed by atoms with Crippen LogP contribution < -0.4 is 19.1 Å². The van der Waals surface area contributed by atoms with Gasteiger partial charge in [-0.1, -0.05) is 0 Å². The maximum absolute atomic E-state index is 13.2. The van der Waals surface area contributed by atoms with E-state index in [1.807, 2.05) is 25.1 Å². The van der Waals surface area contributed by atoms with Gasteiger partial charge in [-0.15, -0.1) is 15.3 Å². The van der Waals surface area contributed by atoms with E-state index in [2.05, 4.69) is 20.2 Å². The first-order chi connectivity index (χ1) is 14.6. The van der Waals surface area contributed by atoms with Gasteiger partial charge in [0.1, 0.15) is 25.1 Å². The number of fused-ring (bicyclic) bond motifs is 2. The Balaban J connectivity index is 1.28. The maximum Gasteiger partial charge on any atom is 0.299 e. The number of hydrogen-bond acceptors (Lipinski definition) is 7. The lowest BCUT2D eigenvalue weighted by Crippen LogP contribution is -2.39. The lowest BCUT2D eigenvalue weighted by molar-refractivity contribution is 0.137. The molecular weight excluding hydrogens is 396 g/mol. The molecule has 0 bridgehead atoms. The zero-order chi connectivity index (χ0) is 20.7. The molecule has 0 aliphatic carbocycles. The fraction of sp³-hybridized carbons (Fsp3) is 0.450. The zero-order valence-corrected chi connectivity index (χ0v) is 16.4. The number of aromatic nitrogens is 4. The molecule has 2 aliphatic rings. The Bertz CT molecular complexity index is 1070. The lowest BCUT2D eigenvalue weighted by Gasteiger charge is -2.33. The van der Waals surface area contributed by atoms with Crippen LogP contribution in [0.25, 0.3) is 5.65 Å². The van der Waals surface area contributed by atoms with E-state index in [1.165, 1.54) is 0 Å². The van der Waals surface area contributed by atoms with Gasteiger partial charge in [-0.2, -0.15) is 4.52 Å². The van der Waals surface area contributed by atoms with Crippen molar-refractivity contribution in [3.8, 4) is 17.2 Å². The van der Waals surface area contributed by atoms with Crippen molar-refractivity contribution in [2.75, 3.05) is 31.2 Å². The molecule has 5 rings (SSSR count). The monoisotopic (exact) mass is 417 g/mol. The van der Waals surface area contributed by atoms with E-state index in [-0.39, 0.29) is 6.10 Å². The molecule has 8 nitrogen and oxygen atoms in total. The number of halogens is 2. The van der Waals surface area contributed by atoms with E-state index < -0.39 is 12.2 Å². The minimum Gasteiger partial charge on any atom is -0.490 e. The molecule has 0 spiro atoms. The number of ether oxygens (including phenoxy) is 3. The number of alkyl halides is 2. The van der Waals surface area contributed by atoms with Crippen LogP contribution in [0.2, 0.25) is 0 Å². The van der Waals surface area contributed by atoms with E-state index in [1.54, 1.807) is 6.07 Å². The van der Waals surface area contributed by atoms with Crippen LogP contribution >= 0.6 is 0 Å². The first kappa shape index (κ1) is 18.8. The summed E-state index contributed by atoms with van der Waals surface area (Å²) in [5, 5.41) is 11.7. The molecule has 158 valence electrons. The van der Waals surface area contributed by atoms with E-state index >= 15 is 0 Å². The Hall–Kier alpha value is -3.17. The molecule has 1 saturated heterocycles. The molecule has 0 unspecified atom stereocenters. The molecule has 0 radical (unpaired) electrons. The third kappa shape index (κ3) is 3.46. The lowest BCUT2D eigenvalue weighted by atomic mass is 10.1. The van der Waals surface area contributed by atoms with Crippen molar-refractivity contribution in [3.05, 3.63) is 35.7 Å². The summed E-state index contributed by atoms with van der Waals surface area (Å²) in [6, 6.07) is 7.34.